The van der Waals surface area contributed by atoms with Gasteiger partial charge in [-0.2, -0.15) is 0 Å². The first-order valence-electron chi connectivity index (χ1n) is 8.46. The molecule has 1 aromatic heterocycles. The molecule has 1 amide bonds. The first-order chi connectivity index (χ1) is 13.1. The number of benzene rings is 2. The number of amides is 1. The second kappa shape index (κ2) is 9.09. The zero-order valence-corrected chi connectivity index (χ0v) is 15.2. The average molecular weight is 385 g/mol. The molecular formula is C20H18ClFN4O. The van der Waals surface area contributed by atoms with Crippen molar-refractivity contribution >= 4 is 23.3 Å². The Morgan fingerprint density at radius 3 is 2.41 bits per heavy atom. The molecule has 0 saturated heterocycles. The van der Waals surface area contributed by atoms with Crippen molar-refractivity contribution in [1.82, 2.24) is 15.5 Å². The second-order valence-corrected chi connectivity index (χ2v) is 6.25. The summed E-state index contributed by atoms with van der Waals surface area (Å²) >= 11 is 6.11. The highest BCUT2D eigenvalue weighted by atomic mass is 35.5. The van der Waals surface area contributed by atoms with Gasteiger partial charge in [0.1, 0.15) is 11.6 Å². The minimum atomic E-state index is -0.350. The summed E-state index contributed by atoms with van der Waals surface area (Å²) in [6.07, 6.45) is 0.406. The Morgan fingerprint density at radius 1 is 0.963 bits per heavy atom. The Balaban J connectivity index is 1.50. The van der Waals surface area contributed by atoms with E-state index in [2.05, 4.69) is 20.8 Å². The van der Waals surface area contributed by atoms with Gasteiger partial charge < -0.3 is 10.6 Å². The molecule has 0 atom stereocenters. The lowest BCUT2D eigenvalue weighted by molar-refractivity contribution is 0.0948. The monoisotopic (exact) mass is 384 g/mol. The molecule has 0 unspecified atom stereocenters. The highest BCUT2D eigenvalue weighted by Gasteiger charge is 2.09. The Hall–Kier alpha value is -2.99. The molecule has 2 aromatic carbocycles. The van der Waals surface area contributed by atoms with Crippen molar-refractivity contribution in [2.24, 2.45) is 0 Å². The molecule has 27 heavy (non-hydrogen) atoms. The molecule has 138 valence electrons. The van der Waals surface area contributed by atoms with E-state index in [0.29, 0.717) is 35.9 Å². The van der Waals surface area contributed by atoms with E-state index in [0.717, 1.165) is 5.56 Å². The molecule has 5 nitrogen and oxygen atoms in total. The van der Waals surface area contributed by atoms with Gasteiger partial charge in [-0.1, -0.05) is 48.0 Å². The van der Waals surface area contributed by atoms with Crippen LogP contribution in [0.4, 0.5) is 10.2 Å². The standard InChI is InChI=1S/C20H18ClFN4O/c21-16-7-3-1-6-15(16)13-24-19-10-9-18(25-26-19)20(27)23-12-11-14-5-2-4-8-17(14)22/h1-10H,11-13H2,(H,23,27)(H,24,26). The molecule has 0 radical (unpaired) electrons. The van der Waals surface area contributed by atoms with Gasteiger partial charge in [-0.3, -0.25) is 4.79 Å². The van der Waals surface area contributed by atoms with Crippen molar-refractivity contribution in [3.05, 3.63) is 88.3 Å². The summed E-state index contributed by atoms with van der Waals surface area (Å²) in [5.41, 5.74) is 1.70. The SMILES string of the molecule is O=C(NCCc1ccccc1F)c1ccc(NCc2ccccc2Cl)nn1. The third-order valence-electron chi connectivity index (χ3n) is 3.95. The zero-order valence-electron chi connectivity index (χ0n) is 14.5. The fraction of sp³-hybridized carbons (Fsp3) is 0.150. The van der Waals surface area contributed by atoms with E-state index in [9.17, 15) is 9.18 Å². The Labute approximate surface area is 161 Å². The molecule has 0 fully saturated rings. The first-order valence-corrected chi connectivity index (χ1v) is 8.84. The van der Waals surface area contributed by atoms with Crippen LogP contribution in [0.15, 0.2) is 60.7 Å². The van der Waals surface area contributed by atoms with Gasteiger partial charge in [-0.05, 0) is 41.8 Å². The van der Waals surface area contributed by atoms with Gasteiger partial charge >= 0.3 is 0 Å². The number of nitrogens with one attached hydrogen (secondary N) is 2. The molecule has 0 aliphatic carbocycles. The van der Waals surface area contributed by atoms with Gasteiger partial charge in [0, 0.05) is 18.1 Å². The molecule has 0 aliphatic rings. The van der Waals surface area contributed by atoms with Crippen LogP contribution in [0.1, 0.15) is 21.6 Å². The number of carbonyl (C=O) groups is 1. The first kappa shape index (κ1) is 18.8. The summed E-state index contributed by atoms with van der Waals surface area (Å²) in [5.74, 6) is -0.0881. The molecule has 2 N–H and O–H groups in total. The summed E-state index contributed by atoms with van der Waals surface area (Å²) in [6.45, 7) is 0.816. The van der Waals surface area contributed by atoms with Crippen LogP contribution in [0.3, 0.4) is 0 Å². The number of hydrogen-bond acceptors (Lipinski definition) is 4. The van der Waals surface area contributed by atoms with Gasteiger partial charge in [0.15, 0.2) is 5.69 Å². The quantitative estimate of drug-likeness (QED) is 0.649. The molecule has 0 bridgehead atoms. The van der Waals surface area contributed by atoms with Crippen molar-refractivity contribution in [2.75, 3.05) is 11.9 Å². The predicted octanol–water partition coefficient (Wildman–Crippen LogP) is 3.85. The molecule has 0 aliphatic heterocycles. The molecule has 3 aromatic rings. The number of hydrogen-bond donors (Lipinski definition) is 2. The van der Waals surface area contributed by atoms with E-state index in [-0.39, 0.29) is 17.4 Å². The predicted molar refractivity (Wildman–Crippen MR) is 103 cm³/mol. The highest BCUT2D eigenvalue weighted by Crippen LogP contribution is 2.16. The Morgan fingerprint density at radius 2 is 1.70 bits per heavy atom. The van der Waals surface area contributed by atoms with Crippen LogP contribution in [0.5, 0.6) is 0 Å². The molecule has 1 heterocycles. The smallest absolute Gasteiger partial charge is 0.271 e. The molecular weight excluding hydrogens is 367 g/mol. The lowest BCUT2D eigenvalue weighted by Gasteiger charge is -2.08. The summed E-state index contributed by atoms with van der Waals surface area (Å²) in [4.78, 5) is 12.1. The topological polar surface area (TPSA) is 66.9 Å². The third kappa shape index (κ3) is 5.24. The molecule has 0 spiro atoms. The maximum absolute atomic E-state index is 13.6. The Kier molecular flexibility index (Phi) is 6.33. The molecule has 3 rings (SSSR count). The van der Waals surface area contributed by atoms with Crippen molar-refractivity contribution in [3.8, 4) is 0 Å². The number of rotatable bonds is 7. The summed E-state index contributed by atoms with van der Waals surface area (Å²) < 4.78 is 13.6. The van der Waals surface area contributed by atoms with Gasteiger partial charge in [-0.25, -0.2) is 4.39 Å². The normalized spacial score (nSPS) is 10.4. The van der Waals surface area contributed by atoms with Gasteiger partial charge in [0.25, 0.3) is 5.91 Å². The van der Waals surface area contributed by atoms with Gasteiger partial charge in [-0.15, -0.1) is 10.2 Å². The van der Waals surface area contributed by atoms with Crippen LogP contribution in [-0.4, -0.2) is 22.6 Å². The summed E-state index contributed by atoms with van der Waals surface area (Å²) in [7, 11) is 0. The zero-order chi connectivity index (χ0) is 19.1. The molecule has 0 saturated carbocycles. The van der Waals surface area contributed by atoms with Crippen LogP contribution in [0, 0.1) is 5.82 Å². The molecule has 7 heteroatoms. The Bertz CT molecular complexity index is 918. The maximum Gasteiger partial charge on any atom is 0.271 e. The van der Waals surface area contributed by atoms with Crippen molar-refractivity contribution < 1.29 is 9.18 Å². The van der Waals surface area contributed by atoms with Crippen LogP contribution < -0.4 is 10.6 Å². The largest absolute Gasteiger partial charge is 0.364 e. The van der Waals surface area contributed by atoms with Crippen LogP contribution in [-0.2, 0) is 13.0 Å². The number of carbonyl (C=O) groups excluding carboxylic acids is 1. The third-order valence-corrected chi connectivity index (χ3v) is 4.32. The van der Waals surface area contributed by atoms with Gasteiger partial charge in [0.05, 0.1) is 0 Å². The number of aromatic nitrogens is 2. The highest BCUT2D eigenvalue weighted by molar-refractivity contribution is 6.31. The summed E-state index contributed by atoms with van der Waals surface area (Å²) in [6, 6.07) is 17.3. The van der Waals surface area contributed by atoms with E-state index in [1.54, 1.807) is 30.3 Å². The van der Waals surface area contributed by atoms with Gasteiger partial charge in [0.2, 0.25) is 0 Å². The van der Waals surface area contributed by atoms with E-state index in [1.807, 2.05) is 24.3 Å². The number of halogens is 2. The van der Waals surface area contributed by atoms with Crippen molar-refractivity contribution in [3.63, 3.8) is 0 Å². The lowest BCUT2D eigenvalue weighted by Crippen LogP contribution is -2.27. The second-order valence-electron chi connectivity index (χ2n) is 5.85. The fourth-order valence-corrected chi connectivity index (χ4v) is 2.68. The summed E-state index contributed by atoms with van der Waals surface area (Å²) in [5, 5.41) is 14.4. The average Bonchev–Trinajstić information content (AvgIpc) is 2.69. The van der Waals surface area contributed by atoms with Crippen LogP contribution >= 0.6 is 11.6 Å². The van der Waals surface area contributed by atoms with Crippen molar-refractivity contribution in [2.45, 2.75) is 13.0 Å². The number of nitrogens with zero attached hydrogens (tertiary/aromatic N) is 2. The minimum absolute atomic E-state index is 0.201. The fourth-order valence-electron chi connectivity index (χ4n) is 2.48. The number of anilines is 1. The van der Waals surface area contributed by atoms with E-state index in [4.69, 9.17) is 11.6 Å². The van der Waals surface area contributed by atoms with Crippen LogP contribution in [0.25, 0.3) is 0 Å². The van der Waals surface area contributed by atoms with Crippen molar-refractivity contribution in [1.29, 1.82) is 0 Å². The van der Waals surface area contributed by atoms with Crippen LogP contribution in [0.2, 0.25) is 5.02 Å². The minimum Gasteiger partial charge on any atom is -0.364 e. The maximum atomic E-state index is 13.6. The lowest BCUT2D eigenvalue weighted by atomic mass is 10.1. The van der Waals surface area contributed by atoms with E-state index < -0.39 is 0 Å². The van der Waals surface area contributed by atoms with E-state index in [1.165, 1.54) is 6.07 Å². The van der Waals surface area contributed by atoms with E-state index >= 15 is 0 Å².